The summed E-state index contributed by atoms with van der Waals surface area (Å²) in [6, 6.07) is 21.2. The van der Waals surface area contributed by atoms with E-state index in [9.17, 15) is 9.90 Å². The first-order valence-electron chi connectivity index (χ1n) is 8.44. The quantitative estimate of drug-likeness (QED) is 0.778. The van der Waals surface area contributed by atoms with E-state index in [-0.39, 0.29) is 17.4 Å². The number of anilines is 1. The van der Waals surface area contributed by atoms with Gasteiger partial charge in [-0.2, -0.15) is 5.10 Å². The van der Waals surface area contributed by atoms with Crippen molar-refractivity contribution in [2.24, 2.45) is 5.10 Å². The molecule has 0 unspecified atom stereocenters. The smallest absolute Gasteiger partial charge is 0.348 e. The van der Waals surface area contributed by atoms with E-state index in [0.29, 0.717) is 17.9 Å². The molecule has 1 aromatic heterocycles. The largest absolute Gasteiger partial charge is 0.507 e. The number of aryl methyl sites for hydroxylation is 1. The van der Waals surface area contributed by atoms with Crippen molar-refractivity contribution in [3.8, 4) is 5.75 Å². The first-order valence-corrected chi connectivity index (χ1v) is 8.44. The number of nitrogens with zero attached hydrogens (tertiary/aromatic N) is 2. The molecule has 2 heterocycles. The molecular weight excluding hydrogens is 328 g/mol. The number of aromatic hydroxyl groups is 1. The van der Waals surface area contributed by atoms with E-state index in [0.717, 1.165) is 11.3 Å². The van der Waals surface area contributed by atoms with Crippen molar-refractivity contribution < 1.29 is 9.52 Å². The Kier molecular flexibility index (Phi) is 4.05. The second kappa shape index (κ2) is 6.52. The fourth-order valence-corrected chi connectivity index (χ4v) is 3.28. The van der Waals surface area contributed by atoms with E-state index in [1.54, 1.807) is 6.92 Å². The van der Waals surface area contributed by atoms with Gasteiger partial charge in [0.25, 0.3) is 0 Å². The summed E-state index contributed by atoms with van der Waals surface area (Å²) >= 11 is 0. The molecule has 0 aliphatic carbocycles. The van der Waals surface area contributed by atoms with Gasteiger partial charge in [-0.25, -0.2) is 4.79 Å². The van der Waals surface area contributed by atoms with E-state index in [1.165, 1.54) is 6.07 Å². The topological polar surface area (TPSA) is 66.0 Å². The molecule has 5 heteroatoms. The molecule has 1 aliphatic rings. The summed E-state index contributed by atoms with van der Waals surface area (Å²) in [7, 11) is 0. The summed E-state index contributed by atoms with van der Waals surface area (Å²) in [4.78, 5) is 12.3. The van der Waals surface area contributed by atoms with Crippen LogP contribution in [0.1, 0.15) is 29.3 Å². The second-order valence-corrected chi connectivity index (χ2v) is 6.26. The number of benzene rings is 2. The van der Waals surface area contributed by atoms with Gasteiger partial charge in [0.2, 0.25) is 0 Å². The van der Waals surface area contributed by atoms with Gasteiger partial charge >= 0.3 is 5.63 Å². The predicted octanol–water partition coefficient (Wildman–Crippen LogP) is 4.01. The molecule has 0 bridgehead atoms. The Morgan fingerprint density at radius 1 is 1.08 bits per heavy atom. The lowest BCUT2D eigenvalue weighted by atomic mass is 9.98. The minimum absolute atomic E-state index is 0.0614. The molecule has 1 atom stereocenters. The van der Waals surface area contributed by atoms with Gasteiger partial charge in [-0.05, 0) is 24.6 Å². The lowest BCUT2D eigenvalue weighted by molar-refractivity contribution is 0.432. The van der Waals surface area contributed by atoms with Gasteiger partial charge in [0.1, 0.15) is 17.1 Å². The number of rotatable bonds is 3. The van der Waals surface area contributed by atoms with Gasteiger partial charge in [0, 0.05) is 12.5 Å². The van der Waals surface area contributed by atoms with Crippen molar-refractivity contribution in [1.29, 1.82) is 0 Å². The molecule has 0 fully saturated rings. The van der Waals surface area contributed by atoms with Gasteiger partial charge < -0.3 is 9.52 Å². The maximum Gasteiger partial charge on any atom is 0.348 e. The fraction of sp³-hybridized carbons (Fsp3) is 0.143. The number of para-hydroxylation sites is 1. The van der Waals surface area contributed by atoms with Gasteiger partial charge in [-0.15, -0.1) is 0 Å². The van der Waals surface area contributed by atoms with Gasteiger partial charge in [0.05, 0.1) is 17.4 Å². The van der Waals surface area contributed by atoms with E-state index < -0.39 is 5.63 Å². The summed E-state index contributed by atoms with van der Waals surface area (Å²) < 4.78 is 5.17. The van der Waals surface area contributed by atoms with E-state index in [2.05, 4.69) is 5.10 Å². The minimum atomic E-state index is -0.567. The molecule has 4 rings (SSSR count). The Bertz CT molecular complexity index is 1010. The van der Waals surface area contributed by atoms with Crippen molar-refractivity contribution in [2.45, 2.75) is 19.4 Å². The summed E-state index contributed by atoms with van der Waals surface area (Å²) in [6.07, 6.45) is 0.500. The van der Waals surface area contributed by atoms with Crippen LogP contribution in [0.25, 0.3) is 0 Å². The van der Waals surface area contributed by atoms with Crippen LogP contribution in [0.15, 0.2) is 81.0 Å². The Morgan fingerprint density at radius 3 is 2.38 bits per heavy atom. The highest BCUT2D eigenvalue weighted by Crippen LogP contribution is 2.37. The predicted molar refractivity (Wildman–Crippen MR) is 101 cm³/mol. The van der Waals surface area contributed by atoms with Gasteiger partial charge in [-0.3, -0.25) is 5.01 Å². The zero-order chi connectivity index (χ0) is 18.1. The molecule has 0 amide bonds. The average Bonchev–Trinajstić information content (AvgIpc) is 3.07. The van der Waals surface area contributed by atoms with E-state index >= 15 is 0 Å². The van der Waals surface area contributed by atoms with Crippen molar-refractivity contribution in [3.63, 3.8) is 0 Å². The Balaban J connectivity index is 1.82. The highest BCUT2D eigenvalue weighted by atomic mass is 16.4. The third kappa shape index (κ3) is 2.88. The zero-order valence-electron chi connectivity index (χ0n) is 14.3. The van der Waals surface area contributed by atoms with Crippen LogP contribution in [-0.2, 0) is 0 Å². The molecule has 130 valence electrons. The van der Waals surface area contributed by atoms with Crippen LogP contribution < -0.4 is 10.6 Å². The lowest BCUT2D eigenvalue weighted by Gasteiger charge is -2.23. The van der Waals surface area contributed by atoms with Crippen molar-refractivity contribution in [1.82, 2.24) is 0 Å². The molecule has 2 aromatic carbocycles. The molecule has 5 nitrogen and oxygen atoms in total. The summed E-state index contributed by atoms with van der Waals surface area (Å²) in [5, 5.41) is 16.8. The molecule has 0 saturated carbocycles. The molecule has 0 saturated heterocycles. The molecule has 3 aromatic rings. The molecule has 0 spiro atoms. The van der Waals surface area contributed by atoms with Crippen LogP contribution >= 0.6 is 0 Å². The highest BCUT2D eigenvalue weighted by Gasteiger charge is 2.32. The third-order valence-corrected chi connectivity index (χ3v) is 4.46. The van der Waals surface area contributed by atoms with Gasteiger partial charge in [-0.1, -0.05) is 48.5 Å². The monoisotopic (exact) mass is 346 g/mol. The van der Waals surface area contributed by atoms with Crippen LogP contribution in [0.3, 0.4) is 0 Å². The molecule has 1 N–H and O–H groups in total. The Labute approximate surface area is 150 Å². The minimum Gasteiger partial charge on any atom is -0.507 e. The van der Waals surface area contributed by atoms with Crippen LogP contribution in [0.4, 0.5) is 5.69 Å². The molecular formula is C21H18N2O3. The third-order valence-electron chi connectivity index (χ3n) is 4.46. The van der Waals surface area contributed by atoms with Gasteiger partial charge in [0.15, 0.2) is 0 Å². The molecule has 26 heavy (non-hydrogen) atoms. The highest BCUT2D eigenvalue weighted by molar-refractivity contribution is 6.04. The van der Waals surface area contributed by atoms with Crippen molar-refractivity contribution in [2.75, 3.05) is 5.01 Å². The maximum absolute atomic E-state index is 12.3. The van der Waals surface area contributed by atoms with Crippen LogP contribution in [0.2, 0.25) is 0 Å². The van der Waals surface area contributed by atoms with Crippen LogP contribution in [0, 0.1) is 6.92 Å². The molecule has 1 aliphatic heterocycles. The lowest BCUT2D eigenvalue weighted by Crippen LogP contribution is -2.18. The maximum atomic E-state index is 12.3. The summed E-state index contributed by atoms with van der Waals surface area (Å²) in [6.45, 7) is 1.63. The number of hydrogen-bond acceptors (Lipinski definition) is 5. The average molecular weight is 346 g/mol. The SMILES string of the molecule is Cc1cc(O)c(C2=NN(c3ccccc3)[C@H](c3ccccc3)C2)c(=O)o1. The number of hydrogen-bond donors (Lipinski definition) is 1. The second-order valence-electron chi connectivity index (χ2n) is 6.26. The first kappa shape index (κ1) is 16.1. The normalized spacial score (nSPS) is 16.6. The Morgan fingerprint density at radius 2 is 1.73 bits per heavy atom. The summed E-state index contributed by atoms with van der Waals surface area (Å²) in [5.41, 5.74) is 2.10. The standard InChI is InChI=1S/C21H18N2O3/c1-14-12-19(24)20(21(25)26-14)17-13-18(15-8-4-2-5-9-15)23(22-17)16-10-6-3-7-11-16/h2-12,18,24H,13H2,1H3/t18-/m0/s1. The fourth-order valence-electron chi connectivity index (χ4n) is 3.28. The zero-order valence-corrected chi connectivity index (χ0v) is 14.3. The molecule has 0 radical (unpaired) electrons. The van der Waals surface area contributed by atoms with Crippen LogP contribution in [0.5, 0.6) is 5.75 Å². The van der Waals surface area contributed by atoms with E-state index in [4.69, 9.17) is 4.42 Å². The van der Waals surface area contributed by atoms with E-state index in [1.807, 2.05) is 65.7 Å². The van der Waals surface area contributed by atoms with Crippen molar-refractivity contribution in [3.05, 3.63) is 94.0 Å². The summed E-state index contributed by atoms with van der Waals surface area (Å²) in [5.74, 6) is 0.272. The van der Waals surface area contributed by atoms with Crippen LogP contribution in [-0.4, -0.2) is 10.8 Å². The number of hydrazone groups is 1. The Hall–Kier alpha value is -3.34. The first-order chi connectivity index (χ1) is 12.6. The van der Waals surface area contributed by atoms with Crippen molar-refractivity contribution >= 4 is 11.4 Å².